The number of carboxylic acid groups (broad SMARTS) is 1. The van der Waals surface area contributed by atoms with Crippen molar-refractivity contribution in [1.82, 2.24) is 10.5 Å². The van der Waals surface area contributed by atoms with Gasteiger partial charge in [0.1, 0.15) is 12.6 Å². The minimum Gasteiger partial charge on any atom is -0.480 e. The Morgan fingerprint density at radius 1 is 1.09 bits per heavy atom. The number of aromatic nitrogens is 1. The molecule has 0 radical (unpaired) electrons. The zero-order valence-electron chi connectivity index (χ0n) is 17.9. The van der Waals surface area contributed by atoms with Gasteiger partial charge in [0.05, 0.1) is 0 Å². The molecule has 1 atom stereocenters. The molecule has 2 amide bonds. The Morgan fingerprint density at radius 3 is 2.33 bits per heavy atom. The van der Waals surface area contributed by atoms with Crippen molar-refractivity contribution in [2.45, 2.75) is 31.7 Å². The summed E-state index contributed by atoms with van der Waals surface area (Å²) in [7, 11) is 0. The average molecular weight is 449 g/mol. The molecule has 3 N–H and O–H groups in total. The van der Waals surface area contributed by atoms with E-state index >= 15 is 0 Å². The fraction of sp³-hybridized carbons (Fsp3) is 0.250. The summed E-state index contributed by atoms with van der Waals surface area (Å²) < 4.78 is 10.4. The highest BCUT2D eigenvalue weighted by Gasteiger charge is 2.29. The van der Waals surface area contributed by atoms with Gasteiger partial charge in [0.15, 0.2) is 5.69 Å². The van der Waals surface area contributed by atoms with Crippen LogP contribution in [-0.2, 0) is 9.53 Å². The van der Waals surface area contributed by atoms with Gasteiger partial charge in [0.2, 0.25) is 5.88 Å². The highest BCUT2D eigenvalue weighted by Crippen LogP contribution is 2.44. The van der Waals surface area contributed by atoms with Crippen LogP contribution in [0.5, 0.6) is 0 Å². The maximum absolute atomic E-state index is 12.3. The summed E-state index contributed by atoms with van der Waals surface area (Å²) in [6.45, 7) is 1.94. The SMILES string of the molecule is CCC[C@@H](NC(=O)c1cc(NC(=O)OCC2c3ccccc3-c3ccccc32)on1)C(=O)O. The average Bonchev–Trinajstić information content (AvgIpc) is 3.40. The molecule has 0 aliphatic heterocycles. The maximum atomic E-state index is 12.3. The number of hydrogen-bond acceptors (Lipinski definition) is 6. The van der Waals surface area contributed by atoms with E-state index in [2.05, 4.69) is 15.8 Å². The molecule has 2 aromatic carbocycles. The lowest BCUT2D eigenvalue weighted by molar-refractivity contribution is -0.139. The van der Waals surface area contributed by atoms with E-state index in [0.29, 0.717) is 6.42 Å². The van der Waals surface area contributed by atoms with Gasteiger partial charge in [0, 0.05) is 12.0 Å². The Labute approximate surface area is 189 Å². The second-order valence-electron chi connectivity index (χ2n) is 7.68. The minimum absolute atomic E-state index is 0.0836. The first kappa shape index (κ1) is 22.1. The Bertz CT molecular complexity index is 1140. The molecule has 4 rings (SSSR count). The van der Waals surface area contributed by atoms with Gasteiger partial charge in [-0.3, -0.25) is 10.1 Å². The summed E-state index contributed by atoms with van der Waals surface area (Å²) in [5.41, 5.74) is 4.27. The van der Waals surface area contributed by atoms with E-state index in [1.54, 1.807) is 0 Å². The Hall–Kier alpha value is -4.14. The number of benzene rings is 2. The number of ether oxygens (including phenoxy) is 1. The van der Waals surface area contributed by atoms with Crippen LogP contribution in [0.25, 0.3) is 11.1 Å². The van der Waals surface area contributed by atoms with Crippen molar-refractivity contribution in [3.63, 3.8) is 0 Å². The monoisotopic (exact) mass is 449 g/mol. The van der Waals surface area contributed by atoms with Crippen molar-refractivity contribution in [1.29, 1.82) is 0 Å². The van der Waals surface area contributed by atoms with Crippen molar-refractivity contribution in [3.8, 4) is 11.1 Å². The first-order chi connectivity index (χ1) is 16.0. The number of carbonyl (C=O) groups excluding carboxylic acids is 2. The summed E-state index contributed by atoms with van der Waals surface area (Å²) in [4.78, 5) is 35.8. The number of nitrogens with one attached hydrogen (secondary N) is 2. The number of fused-ring (bicyclic) bond motifs is 3. The van der Waals surface area contributed by atoms with Gasteiger partial charge in [0.25, 0.3) is 5.91 Å². The van der Waals surface area contributed by atoms with Gasteiger partial charge < -0.3 is 19.7 Å². The smallest absolute Gasteiger partial charge is 0.414 e. The van der Waals surface area contributed by atoms with Crippen LogP contribution in [-0.4, -0.2) is 40.9 Å². The molecule has 33 heavy (non-hydrogen) atoms. The van der Waals surface area contributed by atoms with E-state index in [4.69, 9.17) is 14.4 Å². The van der Waals surface area contributed by atoms with Crippen LogP contribution in [0.4, 0.5) is 10.7 Å². The topological polar surface area (TPSA) is 131 Å². The maximum Gasteiger partial charge on any atom is 0.414 e. The van der Waals surface area contributed by atoms with Gasteiger partial charge >= 0.3 is 12.1 Å². The third-order valence-corrected chi connectivity index (χ3v) is 5.49. The molecule has 0 unspecified atom stereocenters. The summed E-state index contributed by atoms with van der Waals surface area (Å²) in [5.74, 6) is -2.02. The summed E-state index contributed by atoms with van der Waals surface area (Å²) in [6, 6.07) is 16.2. The van der Waals surface area contributed by atoms with E-state index in [-0.39, 0.29) is 30.5 Å². The van der Waals surface area contributed by atoms with Crippen molar-refractivity contribution >= 4 is 23.9 Å². The number of rotatable bonds is 8. The summed E-state index contributed by atoms with van der Waals surface area (Å²) in [6.07, 6.45) is 0.114. The lowest BCUT2D eigenvalue weighted by Crippen LogP contribution is -2.40. The van der Waals surface area contributed by atoms with Gasteiger partial charge in [-0.25, -0.2) is 9.59 Å². The molecule has 170 valence electrons. The second-order valence-corrected chi connectivity index (χ2v) is 7.68. The van der Waals surface area contributed by atoms with Gasteiger partial charge in [-0.1, -0.05) is 67.0 Å². The van der Waals surface area contributed by atoms with Gasteiger partial charge in [-0.15, -0.1) is 0 Å². The normalized spacial score (nSPS) is 13.0. The zero-order valence-corrected chi connectivity index (χ0v) is 17.9. The van der Waals surface area contributed by atoms with Crippen molar-refractivity contribution in [3.05, 3.63) is 71.4 Å². The number of hydrogen-bond donors (Lipinski definition) is 3. The number of carboxylic acids is 1. The largest absolute Gasteiger partial charge is 0.480 e. The molecular weight excluding hydrogens is 426 g/mol. The van der Waals surface area contributed by atoms with Crippen molar-refractivity contribution < 1.29 is 28.8 Å². The number of anilines is 1. The molecule has 0 saturated heterocycles. The molecule has 1 aliphatic carbocycles. The molecule has 0 saturated carbocycles. The van der Waals surface area contributed by atoms with Crippen molar-refractivity contribution in [2.24, 2.45) is 0 Å². The van der Waals surface area contributed by atoms with Crippen molar-refractivity contribution in [2.75, 3.05) is 11.9 Å². The van der Waals surface area contributed by atoms with E-state index in [9.17, 15) is 14.4 Å². The molecule has 1 aromatic heterocycles. The highest BCUT2D eigenvalue weighted by molar-refractivity contribution is 5.96. The molecule has 1 aliphatic rings. The van der Waals surface area contributed by atoms with Crippen LogP contribution in [0.15, 0.2) is 59.1 Å². The minimum atomic E-state index is -1.13. The predicted octanol–water partition coefficient (Wildman–Crippen LogP) is 4.02. The third kappa shape index (κ3) is 4.72. The fourth-order valence-electron chi connectivity index (χ4n) is 3.95. The van der Waals surface area contributed by atoms with E-state index in [0.717, 1.165) is 22.3 Å². The standard InChI is InChI=1S/C24H23N3O6/c1-2-7-19(23(29)30)25-22(28)20-12-21(33-27-20)26-24(31)32-13-18-16-10-5-3-8-14(16)15-9-4-6-11-17(15)18/h3-6,8-12,18-19H,2,7,13H2,1H3,(H,25,28)(H,26,31)(H,29,30)/t19-/m1/s1. The second kappa shape index (κ2) is 9.56. The van der Waals surface area contributed by atoms with Crippen LogP contribution in [0.2, 0.25) is 0 Å². The van der Waals surface area contributed by atoms with E-state index < -0.39 is 24.0 Å². The van der Waals surface area contributed by atoms with Crippen LogP contribution in [0.3, 0.4) is 0 Å². The Morgan fingerprint density at radius 2 is 1.73 bits per heavy atom. The molecule has 0 fully saturated rings. The van der Waals surface area contributed by atoms with Crippen LogP contribution < -0.4 is 10.6 Å². The fourth-order valence-corrected chi connectivity index (χ4v) is 3.95. The van der Waals surface area contributed by atoms with Gasteiger partial charge in [-0.05, 0) is 28.7 Å². The molecule has 9 nitrogen and oxygen atoms in total. The molecular formula is C24H23N3O6. The quantitative estimate of drug-likeness (QED) is 0.473. The first-order valence-corrected chi connectivity index (χ1v) is 10.6. The zero-order chi connectivity index (χ0) is 23.4. The van der Waals surface area contributed by atoms with E-state index in [1.165, 1.54) is 6.07 Å². The number of carbonyl (C=O) groups is 3. The number of nitrogens with zero attached hydrogens (tertiary/aromatic N) is 1. The molecule has 0 spiro atoms. The first-order valence-electron chi connectivity index (χ1n) is 10.6. The van der Waals surface area contributed by atoms with E-state index in [1.807, 2.05) is 55.5 Å². The molecule has 1 heterocycles. The third-order valence-electron chi connectivity index (χ3n) is 5.49. The van der Waals surface area contributed by atoms with Crippen LogP contribution in [0.1, 0.15) is 47.3 Å². The molecule has 0 bridgehead atoms. The lowest BCUT2D eigenvalue weighted by atomic mass is 9.98. The summed E-state index contributed by atoms with van der Waals surface area (Å²) in [5, 5.41) is 17.5. The summed E-state index contributed by atoms with van der Waals surface area (Å²) >= 11 is 0. The molecule has 9 heteroatoms. The lowest BCUT2D eigenvalue weighted by Gasteiger charge is -2.14. The highest BCUT2D eigenvalue weighted by atomic mass is 16.6. The van der Waals surface area contributed by atoms with Gasteiger partial charge in [-0.2, -0.15) is 0 Å². The molecule has 3 aromatic rings. The number of amides is 2. The Balaban J connectivity index is 1.36. The van der Waals surface area contributed by atoms with Crippen LogP contribution >= 0.6 is 0 Å². The Kier molecular flexibility index (Phi) is 6.39. The number of aliphatic carboxylic acids is 1. The predicted molar refractivity (Wildman–Crippen MR) is 119 cm³/mol. The van der Waals surface area contributed by atoms with Crippen LogP contribution in [0, 0.1) is 0 Å².